The summed E-state index contributed by atoms with van der Waals surface area (Å²) in [5, 5.41) is 12.5. The summed E-state index contributed by atoms with van der Waals surface area (Å²) >= 11 is 6.66. The number of benzene rings is 2. The fourth-order valence-corrected chi connectivity index (χ4v) is 7.37. The minimum Gasteiger partial charge on any atom is -0.544 e. The highest BCUT2D eigenvalue weighted by atomic mass is 35.5. The maximum atomic E-state index is 11.7. The molecule has 6 nitrogen and oxygen atoms in total. The Morgan fingerprint density at radius 2 is 1.50 bits per heavy atom. The first-order valence-corrected chi connectivity index (χ1v) is 21.2. The normalized spacial score (nSPS) is 25.4. The second-order valence-corrected chi connectivity index (χ2v) is 25.3. The van der Waals surface area contributed by atoms with E-state index < -0.39 is 53.1 Å². The van der Waals surface area contributed by atoms with Gasteiger partial charge in [0, 0.05) is 5.02 Å². The van der Waals surface area contributed by atoms with Crippen molar-refractivity contribution >= 4 is 28.2 Å². The second kappa shape index (κ2) is 11.6. The van der Waals surface area contributed by atoms with Crippen molar-refractivity contribution in [2.45, 2.75) is 135 Å². The number of hydrogen-bond acceptors (Lipinski definition) is 6. The van der Waals surface area contributed by atoms with Crippen molar-refractivity contribution in [3.8, 4) is 5.75 Å². The zero-order valence-electron chi connectivity index (χ0n) is 27.5. The standard InChI is InChI=1S/C33H51ClO6Si2/c1-31(2,3)41(9,10)39-24-16-13-21(14-17-24)19-23-20-22(15-18-25(23)34)26(35)27-28(40-42(11,12)32(4,5)6)29-30(36-27)38-33(7,8)37-29/h13-18,20,26-30,35H,19H2,1-12H3/t26?,27-,28+,29-,30-/m0/s1. The number of fused-ring (bicyclic) bond motifs is 1. The van der Waals surface area contributed by atoms with Crippen LogP contribution in [-0.2, 0) is 25.1 Å². The molecule has 2 aliphatic heterocycles. The van der Waals surface area contributed by atoms with E-state index in [9.17, 15) is 5.11 Å². The maximum absolute atomic E-state index is 11.7. The first kappa shape index (κ1) is 33.7. The summed E-state index contributed by atoms with van der Waals surface area (Å²) in [5.41, 5.74) is 2.77. The van der Waals surface area contributed by atoms with Gasteiger partial charge in [0.2, 0.25) is 8.32 Å². The zero-order valence-corrected chi connectivity index (χ0v) is 30.3. The van der Waals surface area contributed by atoms with Crippen LogP contribution in [0.25, 0.3) is 0 Å². The maximum Gasteiger partial charge on any atom is 0.250 e. The van der Waals surface area contributed by atoms with Gasteiger partial charge in [-0.2, -0.15) is 0 Å². The molecule has 0 bridgehead atoms. The van der Waals surface area contributed by atoms with Crippen LogP contribution in [0.2, 0.25) is 41.3 Å². The minimum atomic E-state index is -2.22. The number of hydrogen-bond donors (Lipinski definition) is 1. The Kier molecular flexibility index (Phi) is 9.30. The molecule has 2 aromatic carbocycles. The number of ether oxygens (including phenoxy) is 3. The molecule has 0 saturated carbocycles. The Bertz CT molecular complexity index is 1250. The summed E-state index contributed by atoms with van der Waals surface area (Å²) in [6, 6.07) is 13.9. The molecule has 0 radical (unpaired) electrons. The van der Waals surface area contributed by atoms with Crippen molar-refractivity contribution in [3.05, 3.63) is 64.2 Å². The summed E-state index contributed by atoms with van der Waals surface area (Å²) in [6.07, 6.45) is -2.47. The fraction of sp³-hybridized carbons (Fsp3) is 0.636. The van der Waals surface area contributed by atoms with Gasteiger partial charge in [0.05, 0.1) is 0 Å². The van der Waals surface area contributed by atoms with Crippen LogP contribution in [0.1, 0.15) is 78.2 Å². The molecule has 2 aliphatic rings. The summed E-state index contributed by atoms with van der Waals surface area (Å²) < 4.78 is 31.9. The van der Waals surface area contributed by atoms with Gasteiger partial charge >= 0.3 is 0 Å². The fourth-order valence-electron chi connectivity index (χ4n) is 4.86. The van der Waals surface area contributed by atoms with E-state index in [1.165, 1.54) is 0 Å². The molecule has 0 spiro atoms. The third-order valence-corrected chi connectivity index (χ3v) is 18.7. The third kappa shape index (κ3) is 7.18. The van der Waals surface area contributed by atoms with E-state index in [-0.39, 0.29) is 10.1 Å². The van der Waals surface area contributed by atoms with Gasteiger partial charge in [-0.05, 0) is 91.4 Å². The molecule has 2 aromatic rings. The smallest absolute Gasteiger partial charge is 0.250 e. The Morgan fingerprint density at radius 1 is 0.905 bits per heavy atom. The number of halogens is 1. The van der Waals surface area contributed by atoms with E-state index >= 15 is 0 Å². The molecule has 2 fully saturated rings. The number of aliphatic hydroxyl groups excluding tert-OH is 1. The molecule has 9 heteroatoms. The molecular weight excluding hydrogens is 584 g/mol. The van der Waals surface area contributed by atoms with Gasteiger partial charge in [0.1, 0.15) is 30.2 Å². The van der Waals surface area contributed by atoms with E-state index in [1.807, 2.05) is 44.2 Å². The first-order valence-electron chi connectivity index (χ1n) is 15.0. The summed E-state index contributed by atoms with van der Waals surface area (Å²) in [7, 11) is -4.14. The van der Waals surface area contributed by atoms with Gasteiger partial charge < -0.3 is 28.2 Å². The van der Waals surface area contributed by atoms with Crippen molar-refractivity contribution in [2.24, 2.45) is 0 Å². The van der Waals surface area contributed by atoms with Gasteiger partial charge in [-0.25, -0.2) is 0 Å². The van der Waals surface area contributed by atoms with E-state index in [2.05, 4.69) is 79.9 Å². The Balaban J connectivity index is 1.55. The molecule has 234 valence electrons. The Labute approximate surface area is 260 Å². The largest absolute Gasteiger partial charge is 0.544 e. The summed E-state index contributed by atoms with van der Waals surface area (Å²) in [6.45, 7) is 26.0. The average molecular weight is 635 g/mol. The Hall–Kier alpha value is -1.24. The molecule has 1 N–H and O–H groups in total. The highest BCUT2D eigenvalue weighted by molar-refractivity contribution is 6.75. The van der Waals surface area contributed by atoms with Crippen LogP contribution in [0.3, 0.4) is 0 Å². The van der Waals surface area contributed by atoms with E-state index in [0.29, 0.717) is 11.4 Å². The highest BCUT2D eigenvalue weighted by Crippen LogP contribution is 2.46. The average Bonchev–Trinajstić information content (AvgIpc) is 3.31. The number of rotatable bonds is 8. The lowest BCUT2D eigenvalue weighted by Gasteiger charge is -2.41. The molecule has 1 unspecified atom stereocenters. The van der Waals surface area contributed by atoms with Gasteiger partial charge in [0.15, 0.2) is 20.4 Å². The predicted octanol–water partition coefficient (Wildman–Crippen LogP) is 8.62. The van der Waals surface area contributed by atoms with Crippen LogP contribution >= 0.6 is 11.6 Å². The van der Waals surface area contributed by atoms with Crippen LogP contribution in [0, 0.1) is 0 Å². The topological polar surface area (TPSA) is 66.4 Å². The van der Waals surface area contributed by atoms with Crippen molar-refractivity contribution in [3.63, 3.8) is 0 Å². The van der Waals surface area contributed by atoms with Crippen LogP contribution in [0.15, 0.2) is 42.5 Å². The van der Waals surface area contributed by atoms with Gasteiger partial charge in [-0.3, -0.25) is 0 Å². The van der Waals surface area contributed by atoms with E-state index in [0.717, 1.165) is 22.4 Å². The predicted molar refractivity (Wildman–Crippen MR) is 174 cm³/mol. The Morgan fingerprint density at radius 3 is 2.07 bits per heavy atom. The van der Waals surface area contributed by atoms with Crippen molar-refractivity contribution in [1.29, 1.82) is 0 Å². The van der Waals surface area contributed by atoms with Crippen molar-refractivity contribution in [1.82, 2.24) is 0 Å². The summed E-state index contributed by atoms with van der Waals surface area (Å²) in [4.78, 5) is 0. The van der Waals surface area contributed by atoms with Crippen LogP contribution in [0.5, 0.6) is 5.75 Å². The van der Waals surface area contributed by atoms with Crippen molar-refractivity contribution < 1.29 is 28.2 Å². The highest BCUT2D eigenvalue weighted by Gasteiger charge is 2.59. The third-order valence-electron chi connectivity index (χ3n) is 9.48. The van der Waals surface area contributed by atoms with Crippen LogP contribution < -0.4 is 4.43 Å². The van der Waals surface area contributed by atoms with Gasteiger partial charge in [0.25, 0.3) is 0 Å². The molecule has 5 atom stereocenters. The monoisotopic (exact) mass is 634 g/mol. The van der Waals surface area contributed by atoms with Crippen LogP contribution in [-0.4, -0.2) is 52.1 Å². The van der Waals surface area contributed by atoms with Gasteiger partial charge in [-0.1, -0.05) is 77.4 Å². The molecule has 2 saturated heterocycles. The first-order chi connectivity index (χ1) is 19.1. The lowest BCUT2D eigenvalue weighted by atomic mass is 9.96. The van der Waals surface area contributed by atoms with E-state index in [4.69, 9.17) is 34.7 Å². The lowest BCUT2D eigenvalue weighted by Crippen LogP contribution is -2.50. The zero-order chi connectivity index (χ0) is 31.5. The van der Waals surface area contributed by atoms with Gasteiger partial charge in [-0.15, -0.1) is 0 Å². The second-order valence-electron chi connectivity index (χ2n) is 15.4. The molecule has 4 rings (SSSR count). The molecular formula is C33H51ClO6Si2. The molecule has 42 heavy (non-hydrogen) atoms. The number of aliphatic hydroxyl groups is 1. The van der Waals surface area contributed by atoms with E-state index in [1.54, 1.807) is 0 Å². The van der Waals surface area contributed by atoms with Crippen molar-refractivity contribution in [2.75, 3.05) is 0 Å². The molecule has 2 heterocycles. The molecule has 0 amide bonds. The molecule has 0 aliphatic carbocycles. The lowest BCUT2D eigenvalue weighted by molar-refractivity contribution is -0.225. The van der Waals surface area contributed by atoms with Crippen LogP contribution in [0.4, 0.5) is 0 Å². The SMILES string of the molecule is CC1(C)O[C@@H]2O[C@@H](C(O)c3ccc(Cl)c(Cc4ccc(O[Si](C)(C)C(C)(C)C)cc4)c3)[C@@H](O[Si](C)(C)C(C)(C)C)[C@@H]2O1. The molecule has 0 aromatic heterocycles. The quantitative estimate of drug-likeness (QED) is 0.293. The minimum absolute atomic E-state index is 0.0196. The summed E-state index contributed by atoms with van der Waals surface area (Å²) in [5.74, 6) is 0.115.